The molecule has 0 amide bonds. The number of hydrogen-bond donors (Lipinski definition) is 0. The molecule has 0 fully saturated rings. The number of hydrogen-bond acceptors (Lipinski definition) is 6. The fraction of sp³-hybridized carbons (Fsp3) is 0.0526. The van der Waals surface area contributed by atoms with E-state index in [0.29, 0.717) is 17.2 Å². The molecule has 3 aromatic rings. The number of benzene rings is 3. The molecule has 0 N–H and O–H groups in total. The van der Waals surface area contributed by atoms with E-state index in [-0.39, 0.29) is 0 Å². The number of nitrogens with zero attached hydrogens (tertiary/aromatic N) is 3. The zero-order valence-electron chi connectivity index (χ0n) is 16.1. The van der Waals surface area contributed by atoms with Crippen molar-refractivity contribution >= 4 is 54.1 Å². The minimum absolute atomic E-state index is 0.480. The first-order chi connectivity index (χ1) is 14.8. The van der Waals surface area contributed by atoms with Crippen LogP contribution in [-0.4, -0.2) is 0 Å². The summed E-state index contributed by atoms with van der Waals surface area (Å²) < 4.78 is 31.6. The molecular formula is C19H17Cl3N3O3P3. The van der Waals surface area contributed by atoms with Crippen LogP contribution in [0, 0.1) is 6.92 Å². The fourth-order valence-corrected chi connectivity index (χ4v) is 15.0. The van der Waals surface area contributed by atoms with Gasteiger partial charge in [-0.05, 0) is 77.0 Å². The Morgan fingerprint density at radius 3 is 1.58 bits per heavy atom. The minimum Gasteiger partial charge on any atom is -0.431 e. The Labute approximate surface area is 195 Å². The summed E-state index contributed by atoms with van der Waals surface area (Å²) in [7, 11) is -3.49. The second kappa shape index (κ2) is 9.24. The van der Waals surface area contributed by atoms with Gasteiger partial charge in [-0.25, -0.2) is 0 Å². The molecule has 3 aromatic carbocycles. The van der Waals surface area contributed by atoms with E-state index in [0.717, 1.165) is 5.56 Å². The Hall–Kier alpha value is -1.38. The zero-order valence-corrected chi connectivity index (χ0v) is 21.1. The van der Waals surface area contributed by atoms with Crippen molar-refractivity contribution in [3.63, 3.8) is 0 Å². The van der Waals surface area contributed by atoms with Gasteiger partial charge in [0.15, 0.2) is 0 Å². The van der Waals surface area contributed by atoms with Crippen LogP contribution in [0.15, 0.2) is 98.5 Å². The molecule has 0 saturated heterocycles. The number of rotatable bonds is 6. The lowest BCUT2D eigenvalue weighted by atomic mass is 10.2. The predicted molar refractivity (Wildman–Crippen MR) is 132 cm³/mol. The first-order valence-electron chi connectivity index (χ1n) is 9.01. The Morgan fingerprint density at radius 1 is 0.581 bits per heavy atom. The molecule has 1 heterocycles. The topological polar surface area (TPSA) is 64.8 Å². The van der Waals surface area contributed by atoms with E-state index in [1.165, 1.54) is 0 Å². The average Bonchev–Trinajstić information content (AvgIpc) is 2.69. The molecule has 6 nitrogen and oxygen atoms in total. The van der Waals surface area contributed by atoms with Crippen LogP contribution < -0.4 is 13.6 Å². The Bertz CT molecular complexity index is 1190. The molecule has 0 aromatic heterocycles. The van der Waals surface area contributed by atoms with Gasteiger partial charge < -0.3 is 13.6 Å². The largest absolute Gasteiger partial charge is 0.455 e. The molecule has 0 aliphatic carbocycles. The number of aryl methyl sites for hydroxylation is 1. The molecule has 0 radical (unpaired) electrons. The maximum atomic E-state index is 6.77. The van der Waals surface area contributed by atoms with Crippen LogP contribution in [0.1, 0.15) is 5.56 Å². The van der Waals surface area contributed by atoms with Crippen LogP contribution in [0.5, 0.6) is 17.2 Å². The minimum atomic E-state index is -3.49. The van der Waals surface area contributed by atoms with Crippen molar-refractivity contribution < 1.29 is 13.6 Å². The quantitative estimate of drug-likeness (QED) is 0.296. The molecule has 1 unspecified atom stereocenters. The van der Waals surface area contributed by atoms with Gasteiger partial charge in [0, 0.05) is 0 Å². The lowest BCUT2D eigenvalue weighted by molar-refractivity contribution is 0.477. The molecule has 1 atom stereocenters. The van der Waals surface area contributed by atoms with Gasteiger partial charge in [-0.2, -0.15) is 4.52 Å². The normalized spacial score (nSPS) is 21.0. The van der Waals surface area contributed by atoms with E-state index in [1.54, 1.807) is 36.4 Å². The first-order valence-corrected chi connectivity index (χ1v) is 16.6. The van der Waals surface area contributed by atoms with E-state index >= 15 is 0 Å². The van der Waals surface area contributed by atoms with Gasteiger partial charge in [-0.3, -0.25) is 0 Å². The lowest BCUT2D eigenvalue weighted by Crippen LogP contribution is -2.01. The number of halogens is 3. The van der Waals surface area contributed by atoms with Crippen molar-refractivity contribution in [2.24, 2.45) is 13.5 Å². The summed E-state index contributed by atoms with van der Waals surface area (Å²) in [6.45, 7) is -1.44. The second-order valence-electron chi connectivity index (χ2n) is 6.40. The highest BCUT2D eigenvalue weighted by Gasteiger charge is 2.41. The third-order valence-electron chi connectivity index (χ3n) is 3.84. The summed E-state index contributed by atoms with van der Waals surface area (Å²) in [6, 6.07) is 25.3. The summed E-state index contributed by atoms with van der Waals surface area (Å²) in [5.41, 5.74) is 1.07. The van der Waals surface area contributed by atoms with Crippen molar-refractivity contribution in [1.29, 1.82) is 0 Å². The van der Waals surface area contributed by atoms with Crippen LogP contribution in [-0.2, 0) is 0 Å². The highest BCUT2D eigenvalue weighted by atomic mass is 35.9. The van der Waals surface area contributed by atoms with Crippen LogP contribution in [0.25, 0.3) is 0 Å². The first kappa shape index (κ1) is 22.8. The zero-order chi connectivity index (χ0) is 22.0. The van der Waals surface area contributed by atoms with Crippen molar-refractivity contribution in [2.75, 3.05) is 0 Å². The maximum Gasteiger partial charge on any atom is 0.455 e. The van der Waals surface area contributed by atoms with Crippen molar-refractivity contribution in [3.8, 4) is 17.2 Å². The molecule has 0 spiro atoms. The van der Waals surface area contributed by atoms with Gasteiger partial charge in [0.2, 0.25) is 0 Å². The summed E-state index contributed by atoms with van der Waals surface area (Å²) in [6.07, 6.45) is 0. The molecule has 1 aliphatic heterocycles. The second-order valence-corrected chi connectivity index (χ2v) is 16.6. The number of para-hydroxylation sites is 2. The SMILES string of the molecule is Cc1ccc(OP2(Cl)=NP(Cl)(Cl)=NP(Oc3ccccc3)(Oc3ccccc3)=N2)cc1. The molecule has 0 saturated carbocycles. The highest BCUT2D eigenvalue weighted by Crippen LogP contribution is 2.83. The molecule has 12 heteroatoms. The third kappa shape index (κ3) is 6.11. The summed E-state index contributed by atoms with van der Waals surface area (Å²) in [5.74, 6) is -1.87. The molecule has 1 aliphatic rings. The van der Waals surface area contributed by atoms with E-state index < -0.39 is 20.4 Å². The Morgan fingerprint density at radius 2 is 1.06 bits per heavy atom. The lowest BCUT2D eigenvalue weighted by Gasteiger charge is -2.28. The monoisotopic (exact) mass is 533 g/mol. The molecule has 0 bridgehead atoms. The van der Waals surface area contributed by atoms with Crippen LogP contribution in [0.3, 0.4) is 0 Å². The summed E-state index contributed by atoms with van der Waals surface area (Å²) in [5, 5.41) is 0. The van der Waals surface area contributed by atoms with E-state index in [2.05, 4.69) is 13.5 Å². The third-order valence-corrected chi connectivity index (χ3v) is 14.3. The van der Waals surface area contributed by atoms with Crippen LogP contribution in [0.4, 0.5) is 0 Å². The van der Waals surface area contributed by atoms with E-state index in [4.69, 9.17) is 47.3 Å². The molecule has 162 valence electrons. The van der Waals surface area contributed by atoms with Crippen molar-refractivity contribution in [1.82, 2.24) is 0 Å². The maximum absolute atomic E-state index is 6.77. The predicted octanol–water partition coefficient (Wildman–Crippen LogP) is 10.1. The van der Waals surface area contributed by atoms with Crippen molar-refractivity contribution in [2.45, 2.75) is 6.92 Å². The van der Waals surface area contributed by atoms with E-state index in [1.807, 2.05) is 55.5 Å². The van der Waals surface area contributed by atoms with Gasteiger partial charge in [-0.1, -0.05) is 54.1 Å². The van der Waals surface area contributed by atoms with Gasteiger partial charge in [0.05, 0.1) is 0 Å². The van der Waals surface area contributed by atoms with Gasteiger partial charge in [-0.15, -0.1) is 9.03 Å². The van der Waals surface area contributed by atoms with Gasteiger partial charge in [0.25, 0.3) is 5.91 Å². The van der Waals surface area contributed by atoms with Gasteiger partial charge in [0.1, 0.15) is 17.2 Å². The summed E-state index contributed by atoms with van der Waals surface area (Å²) in [4.78, 5) is 0. The van der Waals surface area contributed by atoms with Crippen LogP contribution in [0.2, 0.25) is 0 Å². The summed E-state index contributed by atoms with van der Waals surface area (Å²) >= 11 is 19.7. The molecular weight excluding hydrogens is 518 g/mol. The van der Waals surface area contributed by atoms with E-state index in [9.17, 15) is 0 Å². The fourth-order valence-electron chi connectivity index (χ4n) is 2.56. The highest BCUT2D eigenvalue weighted by molar-refractivity contribution is 8.15. The Kier molecular flexibility index (Phi) is 6.79. The Balaban J connectivity index is 1.84. The smallest absolute Gasteiger partial charge is 0.431 e. The average molecular weight is 535 g/mol. The standard InChI is InChI=1S/C19H17Cl3N3O3P3/c1-16-12-14-19(15-13-16)26-30(22)23-29(20,21)24-31(25-30,27-17-8-4-2-5-9-17)28-18-10-6-3-7-11-18/h2-15H,1H3. The van der Waals surface area contributed by atoms with Crippen LogP contribution >= 0.6 is 54.1 Å². The molecule has 31 heavy (non-hydrogen) atoms. The molecule has 4 rings (SSSR count). The van der Waals surface area contributed by atoms with Gasteiger partial charge >= 0.3 is 14.4 Å². The van der Waals surface area contributed by atoms with Crippen molar-refractivity contribution in [3.05, 3.63) is 90.5 Å².